The van der Waals surface area contributed by atoms with Crippen LogP contribution in [0.15, 0.2) is 42.7 Å². The predicted octanol–water partition coefficient (Wildman–Crippen LogP) is 2.17. The van der Waals surface area contributed by atoms with Crippen LogP contribution in [0.1, 0.15) is 23.1 Å². The van der Waals surface area contributed by atoms with Crippen LogP contribution in [0.2, 0.25) is 0 Å². The van der Waals surface area contributed by atoms with Crippen molar-refractivity contribution in [3.05, 3.63) is 59.4 Å². The summed E-state index contributed by atoms with van der Waals surface area (Å²) in [6, 6.07) is 10.0. The zero-order chi connectivity index (χ0) is 17.6. The summed E-state index contributed by atoms with van der Waals surface area (Å²) in [5, 5.41) is 0. The van der Waals surface area contributed by atoms with E-state index in [0.29, 0.717) is 25.9 Å². The summed E-state index contributed by atoms with van der Waals surface area (Å²) < 4.78 is 0. The maximum Gasteiger partial charge on any atom is 0.227 e. The summed E-state index contributed by atoms with van der Waals surface area (Å²) in [6.07, 6.45) is 5.36. The first-order valence-corrected chi connectivity index (χ1v) is 8.84. The van der Waals surface area contributed by atoms with Crippen molar-refractivity contribution < 1.29 is 9.59 Å². The lowest BCUT2D eigenvalue weighted by Gasteiger charge is -2.22. The minimum absolute atomic E-state index is 0.132. The van der Waals surface area contributed by atoms with Crippen LogP contribution in [0, 0.1) is 6.92 Å². The van der Waals surface area contributed by atoms with E-state index in [2.05, 4.69) is 4.98 Å². The largest absolute Gasteiger partial charge is 0.367 e. The van der Waals surface area contributed by atoms with Crippen molar-refractivity contribution in [2.75, 3.05) is 26.2 Å². The highest BCUT2D eigenvalue weighted by Crippen LogP contribution is 2.10. The zero-order valence-corrected chi connectivity index (χ0v) is 14.7. The normalized spacial score (nSPS) is 15.1. The van der Waals surface area contributed by atoms with Crippen LogP contribution in [0.3, 0.4) is 0 Å². The molecule has 5 nitrogen and oxygen atoms in total. The number of amides is 2. The molecule has 1 fully saturated rings. The highest BCUT2D eigenvalue weighted by molar-refractivity contribution is 5.80. The molecule has 1 saturated heterocycles. The average Bonchev–Trinajstić information content (AvgIpc) is 2.98. The predicted molar refractivity (Wildman–Crippen MR) is 97.2 cm³/mol. The van der Waals surface area contributed by atoms with E-state index in [4.69, 9.17) is 0 Å². The Balaban J connectivity index is 1.53. The number of aryl methyl sites for hydroxylation is 1. The van der Waals surface area contributed by atoms with E-state index in [-0.39, 0.29) is 11.8 Å². The van der Waals surface area contributed by atoms with Gasteiger partial charge < -0.3 is 14.8 Å². The Morgan fingerprint density at radius 3 is 2.04 bits per heavy atom. The highest BCUT2D eigenvalue weighted by atomic mass is 16.2. The van der Waals surface area contributed by atoms with E-state index in [1.165, 1.54) is 5.56 Å². The van der Waals surface area contributed by atoms with Crippen LogP contribution >= 0.6 is 0 Å². The molecule has 5 heteroatoms. The molecule has 2 aromatic rings. The van der Waals surface area contributed by atoms with Crippen molar-refractivity contribution >= 4 is 11.8 Å². The number of aromatic amines is 1. The Bertz CT molecular complexity index is 707. The molecule has 132 valence electrons. The van der Waals surface area contributed by atoms with Gasteiger partial charge in [0.25, 0.3) is 0 Å². The molecule has 0 bridgehead atoms. The van der Waals surface area contributed by atoms with Crippen molar-refractivity contribution in [2.45, 2.75) is 26.2 Å². The lowest BCUT2D eigenvalue weighted by Crippen LogP contribution is -2.38. The van der Waals surface area contributed by atoms with Gasteiger partial charge in [0.1, 0.15) is 0 Å². The number of hydrogen-bond donors (Lipinski definition) is 1. The Labute approximate surface area is 148 Å². The first-order valence-electron chi connectivity index (χ1n) is 8.84. The summed E-state index contributed by atoms with van der Waals surface area (Å²) in [4.78, 5) is 31.7. The lowest BCUT2D eigenvalue weighted by molar-refractivity contribution is -0.132. The van der Waals surface area contributed by atoms with Crippen molar-refractivity contribution in [1.29, 1.82) is 0 Å². The van der Waals surface area contributed by atoms with Crippen LogP contribution in [-0.2, 0) is 22.4 Å². The quantitative estimate of drug-likeness (QED) is 0.928. The molecule has 0 radical (unpaired) electrons. The van der Waals surface area contributed by atoms with Crippen molar-refractivity contribution in [3.63, 3.8) is 0 Å². The molecule has 1 aromatic carbocycles. The minimum atomic E-state index is 0.132. The molecular formula is C20H25N3O2. The third-order valence-corrected chi connectivity index (χ3v) is 4.69. The smallest absolute Gasteiger partial charge is 0.227 e. The number of carbonyl (C=O) groups excluding carboxylic acids is 2. The molecule has 0 spiro atoms. The van der Waals surface area contributed by atoms with Crippen molar-refractivity contribution in [3.8, 4) is 0 Å². The second-order valence-corrected chi connectivity index (χ2v) is 6.67. The number of nitrogens with one attached hydrogen (secondary N) is 1. The Morgan fingerprint density at radius 1 is 0.880 bits per heavy atom. The molecule has 1 N–H and O–H groups in total. The van der Waals surface area contributed by atoms with Gasteiger partial charge in [-0.05, 0) is 30.5 Å². The maximum absolute atomic E-state index is 12.6. The first-order chi connectivity index (χ1) is 12.1. The molecular weight excluding hydrogens is 314 g/mol. The second-order valence-electron chi connectivity index (χ2n) is 6.67. The number of hydrogen-bond acceptors (Lipinski definition) is 2. The number of H-pyrrole nitrogens is 1. The van der Waals surface area contributed by atoms with Gasteiger partial charge >= 0.3 is 0 Å². The fourth-order valence-corrected chi connectivity index (χ4v) is 3.16. The van der Waals surface area contributed by atoms with E-state index < -0.39 is 0 Å². The van der Waals surface area contributed by atoms with Gasteiger partial charge in [-0.25, -0.2) is 0 Å². The standard InChI is InChI=1S/C20H25N3O2/c1-16-3-5-17(6-4-16)13-19(24)22-9-2-10-23(12-11-22)20(25)14-18-7-8-21-15-18/h3-8,15,21H,2,9-14H2,1H3. The van der Waals surface area contributed by atoms with Crippen molar-refractivity contribution in [1.82, 2.24) is 14.8 Å². The molecule has 0 saturated carbocycles. The summed E-state index contributed by atoms with van der Waals surface area (Å²) in [5.41, 5.74) is 3.24. The third-order valence-electron chi connectivity index (χ3n) is 4.69. The Hall–Kier alpha value is -2.56. The molecule has 2 heterocycles. The van der Waals surface area contributed by atoms with Gasteiger partial charge in [-0.3, -0.25) is 9.59 Å². The van der Waals surface area contributed by atoms with Gasteiger partial charge in [0.2, 0.25) is 11.8 Å². The Kier molecular flexibility index (Phi) is 5.53. The average molecular weight is 339 g/mol. The summed E-state index contributed by atoms with van der Waals surface area (Å²) in [5.74, 6) is 0.274. The Morgan fingerprint density at radius 2 is 1.48 bits per heavy atom. The van der Waals surface area contributed by atoms with E-state index in [9.17, 15) is 9.59 Å². The monoisotopic (exact) mass is 339 g/mol. The van der Waals surface area contributed by atoms with Gasteiger partial charge in [-0.15, -0.1) is 0 Å². The van der Waals surface area contributed by atoms with Crippen LogP contribution < -0.4 is 0 Å². The van der Waals surface area contributed by atoms with Crippen molar-refractivity contribution in [2.24, 2.45) is 0 Å². The molecule has 2 amide bonds. The molecule has 0 aliphatic carbocycles. The fraction of sp³-hybridized carbons (Fsp3) is 0.400. The number of rotatable bonds is 4. The summed E-state index contributed by atoms with van der Waals surface area (Å²) >= 11 is 0. The lowest BCUT2D eigenvalue weighted by atomic mass is 10.1. The highest BCUT2D eigenvalue weighted by Gasteiger charge is 2.22. The van der Waals surface area contributed by atoms with Gasteiger partial charge in [0, 0.05) is 38.6 Å². The number of carbonyl (C=O) groups is 2. The van der Waals surface area contributed by atoms with Crippen LogP contribution in [0.25, 0.3) is 0 Å². The number of aromatic nitrogens is 1. The number of nitrogens with zero attached hydrogens (tertiary/aromatic N) is 2. The maximum atomic E-state index is 12.6. The van der Waals surface area contributed by atoms with E-state index in [0.717, 1.165) is 30.6 Å². The molecule has 0 atom stereocenters. The SMILES string of the molecule is Cc1ccc(CC(=O)N2CCCN(C(=O)Cc3cc[nH]c3)CC2)cc1. The van der Waals surface area contributed by atoms with Crippen LogP contribution in [-0.4, -0.2) is 52.8 Å². The van der Waals surface area contributed by atoms with Gasteiger partial charge in [-0.1, -0.05) is 29.8 Å². The fourth-order valence-electron chi connectivity index (χ4n) is 3.16. The number of benzene rings is 1. The summed E-state index contributed by atoms with van der Waals surface area (Å²) in [6.45, 7) is 4.71. The zero-order valence-electron chi connectivity index (χ0n) is 14.7. The minimum Gasteiger partial charge on any atom is -0.367 e. The van der Waals surface area contributed by atoms with E-state index in [1.807, 2.05) is 59.4 Å². The molecule has 3 rings (SSSR count). The van der Waals surface area contributed by atoms with Gasteiger partial charge in [0.05, 0.1) is 12.8 Å². The van der Waals surface area contributed by atoms with Crippen LogP contribution in [0.4, 0.5) is 0 Å². The molecule has 1 aliphatic heterocycles. The van der Waals surface area contributed by atoms with E-state index in [1.54, 1.807) is 0 Å². The second kappa shape index (κ2) is 8.01. The molecule has 1 aromatic heterocycles. The van der Waals surface area contributed by atoms with E-state index >= 15 is 0 Å². The molecule has 25 heavy (non-hydrogen) atoms. The van der Waals surface area contributed by atoms with Crippen LogP contribution in [0.5, 0.6) is 0 Å². The molecule has 0 unspecified atom stereocenters. The van der Waals surface area contributed by atoms with Gasteiger partial charge in [0.15, 0.2) is 0 Å². The molecule has 1 aliphatic rings. The topological polar surface area (TPSA) is 56.4 Å². The summed E-state index contributed by atoms with van der Waals surface area (Å²) in [7, 11) is 0. The first kappa shape index (κ1) is 17.3. The third kappa shape index (κ3) is 4.72. The van der Waals surface area contributed by atoms with Gasteiger partial charge in [-0.2, -0.15) is 0 Å².